The van der Waals surface area contributed by atoms with Crippen molar-refractivity contribution < 1.29 is 9.13 Å². The summed E-state index contributed by atoms with van der Waals surface area (Å²) in [6.45, 7) is 3.98. The largest absolute Gasteiger partial charge is 0.494 e. The monoisotopic (exact) mass is 266 g/mol. The molecule has 18 heavy (non-hydrogen) atoms. The van der Waals surface area contributed by atoms with E-state index in [1.807, 2.05) is 13.8 Å². The number of halogens is 1. The number of thiazole rings is 1. The number of aryl methyl sites for hydroxylation is 1. The Labute approximate surface area is 109 Å². The number of rotatable bonds is 3. The topological polar surface area (TPSA) is 48.1 Å². The molecular formula is C13H15FN2OS. The molecule has 5 heteroatoms. The SMILES string of the molecule is COc1cc(C(C)c2sc(N)nc2C)ccc1F. The number of nitrogens with zero attached hydrogens (tertiary/aromatic N) is 1. The van der Waals surface area contributed by atoms with Gasteiger partial charge in [-0.2, -0.15) is 0 Å². The smallest absolute Gasteiger partial charge is 0.180 e. The Hall–Kier alpha value is -1.62. The molecule has 2 N–H and O–H groups in total. The van der Waals surface area contributed by atoms with Gasteiger partial charge in [0.15, 0.2) is 16.7 Å². The number of benzene rings is 1. The maximum Gasteiger partial charge on any atom is 0.180 e. The van der Waals surface area contributed by atoms with Gasteiger partial charge in [-0.3, -0.25) is 0 Å². The van der Waals surface area contributed by atoms with Crippen LogP contribution in [0.1, 0.15) is 29.0 Å². The van der Waals surface area contributed by atoms with Crippen LogP contribution in [0.4, 0.5) is 9.52 Å². The Bertz CT molecular complexity index is 568. The van der Waals surface area contributed by atoms with Gasteiger partial charge in [-0.15, -0.1) is 11.3 Å². The minimum Gasteiger partial charge on any atom is -0.494 e. The summed E-state index contributed by atoms with van der Waals surface area (Å²) < 4.78 is 18.4. The van der Waals surface area contributed by atoms with E-state index in [2.05, 4.69) is 4.98 Å². The first-order chi connectivity index (χ1) is 8.52. The summed E-state index contributed by atoms with van der Waals surface area (Å²) in [6, 6.07) is 4.90. The van der Waals surface area contributed by atoms with Gasteiger partial charge in [-0.25, -0.2) is 9.37 Å². The number of hydrogen-bond acceptors (Lipinski definition) is 4. The van der Waals surface area contributed by atoms with E-state index in [0.717, 1.165) is 16.1 Å². The highest BCUT2D eigenvalue weighted by atomic mass is 32.1. The van der Waals surface area contributed by atoms with Crippen LogP contribution in [0.2, 0.25) is 0 Å². The molecule has 0 amide bonds. The molecule has 2 rings (SSSR count). The fraction of sp³-hybridized carbons (Fsp3) is 0.308. The second kappa shape index (κ2) is 4.94. The summed E-state index contributed by atoms with van der Waals surface area (Å²) in [4.78, 5) is 5.31. The number of ether oxygens (including phenoxy) is 1. The average molecular weight is 266 g/mol. The summed E-state index contributed by atoms with van der Waals surface area (Å²) in [5, 5.41) is 0.559. The van der Waals surface area contributed by atoms with Crippen LogP contribution in [0.3, 0.4) is 0 Å². The summed E-state index contributed by atoms with van der Waals surface area (Å²) in [5.41, 5.74) is 7.61. The van der Waals surface area contributed by atoms with Crippen LogP contribution in [0, 0.1) is 12.7 Å². The summed E-state index contributed by atoms with van der Waals surface area (Å²) in [7, 11) is 1.46. The van der Waals surface area contributed by atoms with Gasteiger partial charge in [0.05, 0.1) is 12.8 Å². The van der Waals surface area contributed by atoms with Gasteiger partial charge in [0.25, 0.3) is 0 Å². The molecule has 1 unspecified atom stereocenters. The Kier molecular flexibility index (Phi) is 3.52. The van der Waals surface area contributed by atoms with Crippen LogP contribution in [0.15, 0.2) is 18.2 Å². The lowest BCUT2D eigenvalue weighted by Gasteiger charge is -2.12. The predicted molar refractivity (Wildman–Crippen MR) is 71.7 cm³/mol. The third-order valence-corrected chi connectivity index (χ3v) is 4.09. The first-order valence-corrected chi connectivity index (χ1v) is 6.40. The highest BCUT2D eigenvalue weighted by molar-refractivity contribution is 7.15. The van der Waals surface area contributed by atoms with Crippen molar-refractivity contribution in [2.24, 2.45) is 0 Å². The zero-order chi connectivity index (χ0) is 13.3. The van der Waals surface area contributed by atoms with Gasteiger partial charge in [0, 0.05) is 10.8 Å². The first kappa shape index (κ1) is 12.8. The molecule has 0 aliphatic carbocycles. The van der Waals surface area contributed by atoms with Gasteiger partial charge in [-0.1, -0.05) is 13.0 Å². The summed E-state index contributed by atoms with van der Waals surface area (Å²) >= 11 is 1.47. The van der Waals surface area contributed by atoms with Crippen LogP contribution >= 0.6 is 11.3 Å². The number of nitrogen functional groups attached to an aromatic ring is 1. The van der Waals surface area contributed by atoms with E-state index in [-0.39, 0.29) is 17.5 Å². The molecule has 0 bridgehead atoms. The van der Waals surface area contributed by atoms with E-state index >= 15 is 0 Å². The summed E-state index contributed by atoms with van der Waals surface area (Å²) in [6.07, 6.45) is 0. The molecule has 3 nitrogen and oxygen atoms in total. The molecule has 0 spiro atoms. The molecule has 1 aromatic heterocycles. The first-order valence-electron chi connectivity index (χ1n) is 5.59. The number of anilines is 1. The quantitative estimate of drug-likeness (QED) is 0.927. The maximum atomic E-state index is 13.4. The second-order valence-corrected chi connectivity index (χ2v) is 5.18. The van der Waals surface area contributed by atoms with Gasteiger partial charge >= 0.3 is 0 Å². The minimum absolute atomic E-state index is 0.120. The fourth-order valence-corrected chi connectivity index (χ4v) is 2.84. The maximum absolute atomic E-state index is 13.4. The Morgan fingerprint density at radius 3 is 2.72 bits per heavy atom. The Morgan fingerprint density at radius 2 is 2.17 bits per heavy atom. The Balaban J connectivity index is 2.39. The van der Waals surface area contributed by atoms with Crippen molar-refractivity contribution in [3.63, 3.8) is 0 Å². The van der Waals surface area contributed by atoms with Gasteiger partial charge < -0.3 is 10.5 Å². The lowest BCUT2D eigenvalue weighted by molar-refractivity contribution is 0.386. The van der Waals surface area contributed by atoms with Gasteiger partial charge in [0.1, 0.15) is 0 Å². The number of methoxy groups -OCH3 is 1. The van der Waals surface area contributed by atoms with E-state index in [1.165, 1.54) is 24.5 Å². The normalized spacial score (nSPS) is 12.4. The van der Waals surface area contributed by atoms with Crippen molar-refractivity contribution in [1.29, 1.82) is 0 Å². The molecule has 2 aromatic rings. The average Bonchev–Trinajstić information content (AvgIpc) is 2.68. The highest BCUT2D eigenvalue weighted by Crippen LogP contribution is 2.34. The minimum atomic E-state index is -0.353. The molecular weight excluding hydrogens is 251 g/mol. The van der Waals surface area contributed by atoms with E-state index < -0.39 is 0 Å². The van der Waals surface area contributed by atoms with E-state index in [1.54, 1.807) is 12.1 Å². The molecule has 96 valence electrons. The molecule has 0 saturated heterocycles. The molecule has 1 aromatic carbocycles. The second-order valence-electron chi connectivity index (χ2n) is 4.12. The number of aromatic nitrogens is 1. The van der Waals surface area contributed by atoms with Crippen LogP contribution in [-0.4, -0.2) is 12.1 Å². The molecule has 0 radical (unpaired) electrons. The molecule has 1 atom stereocenters. The van der Waals surface area contributed by atoms with Crippen molar-refractivity contribution in [1.82, 2.24) is 4.98 Å². The Morgan fingerprint density at radius 1 is 1.44 bits per heavy atom. The molecule has 0 aliphatic rings. The zero-order valence-electron chi connectivity index (χ0n) is 10.5. The number of hydrogen-bond donors (Lipinski definition) is 1. The standard InChI is InChI=1S/C13H15FN2OS/c1-7(12-8(2)16-13(15)18-12)9-4-5-10(14)11(6-9)17-3/h4-7H,1-3H3,(H2,15,16). The lowest BCUT2D eigenvalue weighted by Crippen LogP contribution is -1.98. The zero-order valence-corrected chi connectivity index (χ0v) is 11.3. The van der Waals surface area contributed by atoms with Crippen molar-refractivity contribution >= 4 is 16.5 Å². The molecule has 0 saturated carbocycles. The molecule has 1 heterocycles. The lowest BCUT2D eigenvalue weighted by atomic mass is 9.98. The van der Waals surface area contributed by atoms with E-state index in [9.17, 15) is 4.39 Å². The predicted octanol–water partition coefficient (Wildman–Crippen LogP) is 3.33. The van der Waals surface area contributed by atoms with Crippen LogP contribution in [0.5, 0.6) is 5.75 Å². The fourth-order valence-electron chi connectivity index (χ4n) is 1.93. The third kappa shape index (κ3) is 2.31. The van der Waals surface area contributed by atoms with Gasteiger partial charge in [0.2, 0.25) is 0 Å². The van der Waals surface area contributed by atoms with Crippen molar-refractivity contribution in [2.45, 2.75) is 19.8 Å². The van der Waals surface area contributed by atoms with Crippen molar-refractivity contribution in [2.75, 3.05) is 12.8 Å². The highest BCUT2D eigenvalue weighted by Gasteiger charge is 2.16. The van der Waals surface area contributed by atoms with Crippen LogP contribution < -0.4 is 10.5 Å². The van der Waals surface area contributed by atoms with Crippen LogP contribution in [-0.2, 0) is 0 Å². The van der Waals surface area contributed by atoms with Crippen molar-refractivity contribution in [3.8, 4) is 5.75 Å². The van der Waals surface area contributed by atoms with E-state index in [0.29, 0.717) is 5.13 Å². The molecule has 0 fully saturated rings. The van der Waals surface area contributed by atoms with Crippen molar-refractivity contribution in [3.05, 3.63) is 40.2 Å². The molecule has 0 aliphatic heterocycles. The number of nitrogens with two attached hydrogens (primary N) is 1. The third-order valence-electron chi connectivity index (χ3n) is 2.92. The van der Waals surface area contributed by atoms with E-state index in [4.69, 9.17) is 10.5 Å². The van der Waals surface area contributed by atoms with Crippen LogP contribution in [0.25, 0.3) is 0 Å². The summed E-state index contributed by atoms with van der Waals surface area (Å²) in [5.74, 6) is 0.0257. The van der Waals surface area contributed by atoms with Gasteiger partial charge in [-0.05, 0) is 24.6 Å².